The summed E-state index contributed by atoms with van der Waals surface area (Å²) in [7, 11) is 0. The van der Waals surface area contributed by atoms with E-state index in [0.717, 1.165) is 109 Å². The highest BCUT2D eigenvalue weighted by atomic mass is 16.6. The van der Waals surface area contributed by atoms with Crippen LogP contribution in [-0.4, -0.2) is 36.4 Å². The molecule has 0 aliphatic rings. The molecule has 0 bridgehead atoms. The summed E-state index contributed by atoms with van der Waals surface area (Å²) in [4.78, 5) is 24.4. The molecule has 0 amide bonds. The number of esters is 2. The Morgan fingerprint density at radius 2 is 0.683 bits per heavy atom. The molecule has 60 heavy (non-hydrogen) atoms. The van der Waals surface area contributed by atoms with Crippen LogP contribution in [0.1, 0.15) is 168 Å². The van der Waals surface area contributed by atoms with Crippen molar-refractivity contribution in [3.8, 4) is 0 Å². The molecular formula is C55H84O5. The molecule has 334 valence electrons. The summed E-state index contributed by atoms with van der Waals surface area (Å²) < 4.78 is 10.6. The zero-order valence-electron chi connectivity index (χ0n) is 37.9. The molecule has 1 atom stereocenters. The quantitative estimate of drug-likeness (QED) is 0.0378. The molecule has 0 aromatic heterocycles. The highest BCUT2D eigenvalue weighted by molar-refractivity contribution is 5.70. The SMILES string of the molecule is CC/C=C\C/C=C\C/C=C\C/C=C\C/C=C\C/C=C\C/C=C\CCCCCCCCCC(=O)OC(CO)COC(=O)CCC/C=C\C/C=C\C/C=C\C/C=C\C/C=C\CC. The van der Waals surface area contributed by atoms with Gasteiger partial charge in [0.05, 0.1) is 6.61 Å². The van der Waals surface area contributed by atoms with Crippen molar-refractivity contribution < 1.29 is 24.2 Å². The standard InChI is InChI=1S/C55H84O5/c1-3-5-7-9-11-13-15-17-19-21-22-23-24-25-26-27-28-29-30-31-32-34-36-38-40-42-44-46-48-50-55(58)60-53(51-56)52-59-54(57)49-47-45-43-41-39-37-35-33-20-18-16-14-12-10-8-6-4-2/h5-8,11-14,17-20,22-23,25-26,28-29,31-32,35,37,41,43,53,56H,3-4,9-10,15-16,21,24,27,30,33-34,36,38-40,42,44-52H2,1-2H3/b7-5-,8-6-,13-11-,14-12-,19-17-,20-18-,23-22-,26-25-,29-28-,32-31-,37-35-,43-41-. The summed E-state index contributed by atoms with van der Waals surface area (Å²) in [6.07, 6.45) is 75.0. The van der Waals surface area contributed by atoms with Crippen LogP contribution in [0.25, 0.3) is 0 Å². The molecule has 0 heterocycles. The van der Waals surface area contributed by atoms with Gasteiger partial charge in [0.1, 0.15) is 6.61 Å². The van der Waals surface area contributed by atoms with Crippen molar-refractivity contribution in [3.05, 3.63) is 146 Å². The van der Waals surface area contributed by atoms with Crippen LogP contribution in [-0.2, 0) is 19.1 Å². The number of allylic oxidation sites excluding steroid dienone is 24. The van der Waals surface area contributed by atoms with Gasteiger partial charge in [-0.2, -0.15) is 0 Å². The minimum atomic E-state index is -0.813. The second-order valence-corrected chi connectivity index (χ2v) is 14.7. The van der Waals surface area contributed by atoms with Crippen molar-refractivity contribution in [1.82, 2.24) is 0 Å². The van der Waals surface area contributed by atoms with E-state index in [1.165, 1.54) is 25.7 Å². The van der Waals surface area contributed by atoms with Crippen molar-refractivity contribution in [2.75, 3.05) is 13.2 Å². The van der Waals surface area contributed by atoms with Gasteiger partial charge in [0.25, 0.3) is 0 Å². The maximum atomic E-state index is 12.2. The largest absolute Gasteiger partial charge is 0.462 e. The molecule has 0 rings (SSSR count). The van der Waals surface area contributed by atoms with Crippen LogP contribution in [0, 0.1) is 0 Å². The van der Waals surface area contributed by atoms with Crippen LogP contribution < -0.4 is 0 Å². The van der Waals surface area contributed by atoms with Gasteiger partial charge in [-0.15, -0.1) is 0 Å². The predicted molar refractivity (Wildman–Crippen MR) is 260 cm³/mol. The maximum Gasteiger partial charge on any atom is 0.306 e. The van der Waals surface area contributed by atoms with E-state index < -0.39 is 6.10 Å². The lowest BCUT2D eigenvalue weighted by Crippen LogP contribution is -2.28. The number of hydrogen-bond acceptors (Lipinski definition) is 5. The lowest BCUT2D eigenvalue weighted by atomic mass is 10.1. The van der Waals surface area contributed by atoms with E-state index in [2.05, 4.69) is 160 Å². The van der Waals surface area contributed by atoms with Gasteiger partial charge in [0.2, 0.25) is 0 Å². The van der Waals surface area contributed by atoms with Crippen LogP contribution >= 0.6 is 0 Å². The van der Waals surface area contributed by atoms with Crippen LogP contribution in [0.2, 0.25) is 0 Å². The Morgan fingerprint density at radius 3 is 1.05 bits per heavy atom. The zero-order valence-corrected chi connectivity index (χ0v) is 37.9. The number of unbranched alkanes of at least 4 members (excludes halogenated alkanes) is 8. The molecule has 5 heteroatoms. The minimum absolute atomic E-state index is 0.111. The first-order valence-corrected chi connectivity index (χ1v) is 23.4. The van der Waals surface area contributed by atoms with Crippen molar-refractivity contribution in [1.29, 1.82) is 0 Å². The van der Waals surface area contributed by atoms with Gasteiger partial charge < -0.3 is 14.6 Å². The summed E-state index contributed by atoms with van der Waals surface area (Å²) in [6.45, 7) is 3.83. The fourth-order valence-electron chi connectivity index (χ4n) is 5.69. The Balaban J connectivity index is 3.70. The monoisotopic (exact) mass is 825 g/mol. The van der Waals surface area contributed by atoms with Gasteiger partial charge in [0, 0.05) is 12.8 Å². The molecule has 0 radical (unpaired) electrons. The Bertz CT molecular complexity index is 1350. The van der Waals surface area contributed by atoms with Gasteiger partial charge in [0.15, 0.2) is 6.10 Å². The molecule has 1 unspecified atom stereocenters. The summed E-state index contributed by atoms with van der Waals surface area (Å²) in [5.74, 6) is -0.687. The molecule has 0 saturated carbocycles. The Labute approximate surface area is 368 Å². The summed E-state index contributed by atoms with van der Waals surface area (Å²) in [5.41, 5.74) is 0. The first-order valence-electron chi connectivity index (χ1n) is 23.4. The van der Waals surface area contributed by atoms with E-state index in [9.17, 15) is 14.7 Å². The first-order chi connectivity index (χ1) is 29.6. The third-order valence-corrected chi connectivity index (χ3v) is 9.13. The average Bonchev–Trinajstić information content (AvgIpc) is 3.25. The number of aliphatic hydroxyl groups excluding tert-OH is 1. The number of aliphatic hydroxyl groups is 1. The summed E-state index contributed by atoms with van der Waals surface area (Å²) in [6, 6.07) is 0. The lowest BCUT2D eigenvalue weighted by molar-refractivity contribution is -0.161. The van der Waals surface area contributed by atoms with Crippen molar-refractivity contribution in [2.24, 2.45) is 0 Å². The Morgan fingerprint density at radius 1 is 0.383 bits per heavy atom. The van der Waals surface area contributed by atoms with Crippen LogP contribution in [0.5, 0.6) is 0 Å². The van der Waals surface area contributed by atoms with E-state index in [0.29, 0.717) is 19.3 Å². The summed E-state index contributed by atoms with van der Waals surface area (Å²) in [5, 5.41) is 9.60. The maximum absolute atomic E-state index is 12.2. The summed E-state index contributed by atoms with van der Waals surface area (Å²) >= 11 is 0. The Kier molecular flexibility index (Phi) is 45.7. The number of rotatable bonds is 40. The third-order valence-electron chi connectivity index (χ3n) is 9.13. The fraction of sp³-hybridized carbons (Fsp3) is 0.527. The molecular weight excluding hydrogens is 741 g/mol. The second-order valence-electron chi connectivity index (χ2n) is 14.7. The average molecular weight is 825 g/mol. The second kappa shape index (κ2) is 49.1. The van der Waals surface area contributed by atoms with E-state index in [4.69, 9.17) is 9.47 Å². The van der Waals surface area contributed by atoms with E-state index in [1.807, 2.05) is 0 Å². The molecule has 0 aromatic carbocycles. The van der Waals surface area contributed by atoms with Crippen molar-refractivity contribution in [2.45, 2.75) is 174 Å². The van der Waals surface area contributed by atoms with Gasteiger partial charge in [-0.3, -0.25) is 9.59 Å². The molecule has 0 fully saturated rings. The molecule has 5 nitrogen and oxygen atoms in total. The molecule has 0 saturated heterocycles. The van der Waals surface area contributed by atoms with Crippen molar-refractivity contribution in [3.63, 3.8) is 0 Å². The van der Waals surface area contributed by atoms with Gasteiger partial charge in [-0.1, -0.05) is 192 Å². The van der Waals surface area contributed by atoms with Gasteiger partial charge >= 0.3 is 11.9 Å². The van der Waals surface area contributed by atoms with Crippen LogP contribution in [0.15, 0.2) is 146 Å². The van der Waals surface area contributed by atoms with Crippen LogP contribution in [0.3, 0.4) is 0 Å². The molecule has 0 aliphatic heterocycles. The fourth-order valence-corrected chi connectivity index (χ4v) is 5.69. The minimum Gasteiger partial charge on any atom is -0.462 e. The molecule has 0 aliphatic carbocycles. The molecule has 1 N–H and O–H groups in total. The topological polar surface area (TPSA) is 72.8 Å². The molecule has 0 aromatic rings. The third kappa shape index (κ3) is 46.5. The van der Waals surface area contributed by atoms with E-state index in [1.54, 1.807) is 0 Å². The van der Waals surface area contributed by atoms with Gasteiger partial charge in [-0.05, 0) is 109 Å². The first kappa shape index (κ1) is 55.8. The smallest absolute Gasteiger partial charge is 0.306 e. The highest BCUT2D eigenvalue weighted by Gasteiger charge is 2.16. The number of carbonyl (C=O) groups excluding carboxylic acids is 2. The highest BCUT2D eigenvalue weighted by Crippen LogP contribution is 2.11. The van der Waals surface area contributed by atoms with E-state index >= 15 is 0 Å². The number of hydrogen-bond donors (Lipinski definition) is 1. The number of ether oxygens (including phenoxy) is 2. The zero-order chi connectivity index (χ0) is 43.5. The predicted octanol–water partition coefficient (Wildman–Crippen LogP) is 15.5. The van der Waals surface area contributed by atoms with Gasteiger partial charge in [-0.25, -0.2) is 0 Å². The lowest BCUT2D eigenvalue weighted by Gasteiger charge is -2.15. The Hall–Kier alpha value is -4.22. The molecule has 0 spiro atoms. The van der Waals surface area contributed by atoms with Crippen molar-refractivity contribution >= 4 is 11.9 Å². The van der Waals surface area contributed by atoms with Crippen LogP contribution in [0.4, 0.5) is 0 Å². The normalized spacial score (nSPS) is 13.6. The van der Waals surface area contributed by atoms with E-state index in [-0.39, 0.29) is 25.2 Å². The number of carbonyl (C=O) groups is 2.